The largest absolute Gasteiger partial charge is 0.344 e. The fourth-order valence-corrected chi connectivity index (χ4v) is 5.19. The zero-order valence-corrected chi connectivity index (χ0v) is 19.7. The highest BCUT2D eigenvalue weighted by Gasteiger charge is 2.25. The molecule has 2 aromatic heterocycles. The molecule has 6 nitrogen and oxygen atoms in total. The minimum absolute atomic E-state index is 0.114. The number of benzene rings is 2. The van der Waals surface area contributed by atoms with Crippen molar-refractivity contribution in [2.75, 3.05) is 31.1 Å². The lowest BCUT2D eigenvalue weighted by atomic mass is 10.1. The summed E-state index contributed by atoms with van der Waals surface area (Å²) in [6.07, 6.45) is 0. The molecule has 0 bridgehead atoms. The molecule has 0 saturated carbocycles. The molecular formula is C25H27N5OS. The van der Waals surface area contributed by atoms with Gasteiger partial charge in [-0.05, 0) is 68.7 Å². The van der Waals surface area contributed by atoms with Crippen LogP contribution in [0.15, 0.2) is 42.5 Å². The summed E-state index contributed by atoms with van der Waals surface area (Å²) in [6, 6.07) is 14.3. The Morgan fingerprint density at radius 2 is 1.72 bits per heavy atom. The Labute approximate surface area is 192 Å². The van der Waals surface area contributed by atoms with Gasteiger partial charge in [-0.25, -0.2) is 4.68 Å². The molecule has 0 unspecified atom stereocenters. The monoisotopic (exact) mass is 445 g/mol. The predicted molar refractivity (Wildman–Crippen MR) is 130 cm³/mol. The quantitative estimate of drug-likeness (QED) is 0.460. The smallest absolute Gasteiger partial charge is 0.253 e. The van der Waals surface area contributed by atoms with Crippen LogP contribution in [0.1, 0.15) is 32.7 Å². The zero-order valence-electron chi connectivity index (χ0n) is 18.9. The first-order chi connectivity index (χ1) is 15.4. The van der Waals surface area contributed by atoms with Crippen molar-refractivity contribution in [3.63, 3.8) is 0 Å². The minimum Gasteiger partial charge on any atom is -0.344 e. The summed E-state index contributed by atoms with van der Waals surface area (Å²) in [7, 11) is 0. The van der Waals surface area contributed by atoms with Crippen LogP contribution in [-0.2, 0) is 0 Å². The van der Waals surface area contributed by atoms with Gasteiger partial charge in [-0.15, -0.1) is 0 Å². The van der Waals surface area contributed by atoms with Gasteiger partial charge in [-0.2, -0.15) is 10.1 Å². The van der Waals surface area contributed by atoms with E-state index < -0.39 is 0 Å². The van der Waals surface area contributed by atoms with Gasteiger partial charge in [0.15, 0.2) is 10.8 Å². The second-order valence-corrected chi connectivity index (χ2v) is 9.54. The van der Waals surface area contributed by atoms with Crippen LogP contribution in [0.25, 0.3) is 16.0 Å². The van der Waals surface area contributed by atoms with E-state index in [0.29, 0.717) is 13.1 Å². The summed E-state index contributed by atoms with van der Waals surface area (Å²) in [5.74, 6) is 0.114. The fourth-order valence-electron chi connectivity index (χ4n) is 4.16. The summed E-state index contributed by atoms with van der Waals surface area (Å²) >= 11 is 1.69. The molecule has 0 N–H and O–H groups in total. The van der Waals surface area contributed by atoms with E-state index in [1.807, 2.05) is 40.8 Å². The number of carbonyl (C=O) groups excluding carboxylic acids is 1. The molecule has 1 amide bonds. The van der Waals surface area contributed by atoms with E-state index in [1.165, 1.54) is 11.1 Å². The Kier molecular flexibility index (Phi) is 5.21. The predicted octanol–water partition coefficient (Wildman–Crippen LogP) is 4.68. The van der Waals surface area contributed by atoms with Crippen molar-refractivity contribution < 1.29 is 4.79 Å². The van der Waals surface area contributed by atoms with Crippen molar-refractivity contribution in [3.05, 3.63) is 70.4 Å². The van der Waals surface area contributed by atoms with Gasteiger partial charge >= 0.3 is 0 Å². The van der Waals surface area contributed by atoms with Gasteiger partial charge in [0.05, 0.1) is 16.1 Å². The van der Waals surface area contributed by atoms with Crippen molar-refractivity contribution >= 4 is 32.7 Å². The number of aromatic nitrogens is 3. The van der Waals surface area contributed by atoms with Gasteiger partial charge in [0.2, 0.25) is 0 Å². The number of rotatable bonds is 3. The lowest BCUT2D eigenvalue weighted by Gasteiger charge is -2.34. The van der Waals surface area contributed by atoms with Crippen LogP contribution in [0.3, 0.4) is 0 Å². The molecule has 5 rings (SSSR count). The van der Waals surface area contributed by atoms with Crippen LogP contribution in [0, 0.1) is 27.7 Å². The first-order valence-electron chi connectivity index (χ1n) is 11.0. The normalized spacial score (nSPS) is 14.4. The number of fused-ring (bicyclic) bond motifs is 1. The number of amides is 1. The standard InChI is InChI=1S/C25H27N5OS/c1-16-6-5-7-21(14-16)30-23-22(19(4)27-30)32-25(26-23)29-12-10-28(11-13-29)24(31)20-9-8-17(2)18(3)15-20/h5-9,14-15H,10-13H2,1-4H3. The second-order valence-electron chi connectivity index (χ2n) is 8.56. The van der Waals surface area contributed by atoms with Gasteiger partial charge < -0.3 is 9.80 Å². The molecule has 7 heteroatoms. The summed E-state index contributed by atoms with van der Waals surface area (Å²) in [5.41, 5.74) is 7.27. The molecule has 4 aromatic rings. The first kappa shape index (κ1) is 20.7. The van der Waals surface area contributed by atoms with E-state index in [9.17, 15) is 4.79 Å². The number of hydrogen-bond acceptors (Lipinski definition) is 5. The maximum Gasteiger partial charge on any atom is 0.253 e. The SMILES string of the molecule is Cc1cccc(-n2nc(C)c3sc(N4CCN(C(=O)c5ccc(C)c(C)c5)CC4)nc32)c1. The molecule has 164 valence electrons. The summed E-state index contributed by atoms with van der Waals surface area (Å²) in [4.78, 5) is 22.2. The summed E-state index contributed by atoms with van der Waals surface area (Å²) < 4.78 is 3.06. The summed E-state index contributed by atoms with van der Waals surface area (Å²) in [5, 5.41) is 5.72. The third-order valence-electron chi connectivity index (χ3n) is 6.21. The lowest BCUT2D eigenvalue weighted by Crippen LogP contribution is -2.48. The van der Waals surface area contributed by atoms with Crippen LogP contribution >= 0.6 is 11.3 Å². The van der Waals surface area contributed by atoms with Crippen LogP contribution < -0.4 is 4.90 Å². The molecule has 2 aromatic carbocycles. The first-order valence-corrected chi connectivity index (χ1v) is 11.8. The van der Waals surface area contributed by atoms with Crippen molar-refractivity contribution in [2.24, 2.45) is 0 Å². The molecular weight excluding hydrogens is 418 g/mol. The van der Waals surface area contributed by atoms with E-state index in [-0.39, 0.29) is 5.91 Å². The second kappa shape index (κ2) is 8.06. The highest BCUT2D eigenvalue weighted by molar-refractivity contribution is 7.22. The Hall–Kier alpha value is -3.19. The Morgan fingerprint density at radius 3 is 2.44 bits per heavy atom. The molecule has 1 fully saturated rings. The maximum absolute atomic E-state index is 13.0. The number of piperazine rings is 1. The van der Waals surface area contributed by atoms with E-state index in [0.717, 1.165) is 51.1 Å². The minimum atomic E-state index is 0.114. The highest BCUT2D eigenvalue weighted by Crippen LogP contribution is 2.33. The Bertz CT molecular complexity index is 1310. The maximum atomic E-state index is 13.0. The molecule has 32 heavy (non-hydrogen) atoms. The van der Waals surface area contributed by atoms with Gasteiger partial charge in [0, 0.05) is 31.7 Å². The molecule has 0 aliphatic carbocycles. The number of hydrogen-bond donors (Lipinski definition) is 0. The average molecular weight is 446 g/mol. The third-order valence-corrected chi connectivity index (χ3v) is 7.43. The van der Waals surface area contributed by atoms with Gasteiger partial charge in [0.1, 0.15) is 0 Å². The topological polar surface area (TPSA) is 54.3 Å². The molecule has 1 saturated heterocycles. The summed E-state index contributed by atoms with van der Waals surface area (Å²) in [6.45, 7) is 11.2. The molecule has 1 aliphatic rings. The third kappa shape index (κ3) is 3.66. The Balaban J connectivity index is 1.34. The van der Waals surface area contributed by atoms with Gasteiger partial charge in [-0.1, -0.05) is 29.5 Å². The van der Waals surface area contributed by atoms with Crippen LogP contribution in [0.5, 0.6) is 0 Å². The molecule has 0 radical (unpaired) electrons. The molecule has 3 heterocycles. The number of carbonyl (C=O) groups is 1. The lowest BCUT2D eigenvalue weighted by molar-refractivity contribution is 0.0746. The fraction of sp³-hybridized carbons (Fsp3) is 0.320. The highest BCUT2D eigenvalue weighted by atomic mass is 32.1. The van der Waals surface area contributed by atoms with E-state index in [2.05, 4.69) is 43.9 Å². The van der Waals surface area contributed by atoms with E-state index >= 15 is 0 Å². The molecule has 0 atom stereocenters. The van der Waals surface area contributed by atoms with Crippen LogP contribution in [0.2, 0.25) is 0 Å². The van der Waals surface area contributed by atoms with Crippen molar-refractivity contribution in [2.45, 2.75) is 27.7 Å². The van der Waals surface area contributed by atoms with Crippen molar-refractivity contribution in [1.29, 1.82) is 0 Å². The van der Waals surface area contributed by atoms with E-state index in [4.69, 9.17) is 10.1 Å². The van der Waals surface area contributed by atoms with Crippen LogP contribution in [0.4, 0.5) is 5.13 Å². The number of thiazole rings is 1. The number of anilines is 1. The van der Waals surface area contributed by atoms with E-state index in [1.54, 1.807) is 11.3 Å². The van der Waals surface area contributed by atoms with Gasteiger partial charge in [0.25, 0.3) is 5.91 Å². The zero-order chi connectivity index (χ0) is 22.4. The van der Waals surface area contributed by atoms with Crippen molar-refractivity contribution in [1.82, 2.24) is 19.7 Å². The Morgan fingerprint density at radius 1 is 0.938 bits per heavy atom. The average Bonchev–Trinajstić information content (AvgIpc) is 3.36. The van der Waals surface area contributed by atoms with Crippen molar-refractivity contribution in [3.8, 4) is 5.69 Å². The van der Waals surface area contributed by atoms with Gasteiger partial charge in [-0.3, -0.25) is 4.79 Å². The molecule has 1 aliphatic heterocycles. The molecule has 0 spiro atoms. The van der Waals surface area contributed by atoms with Crippen LogP contribution in [-0.4, -0.2) is 51.8 Å². The number of aryl methyl sites for hydroxylation is 4. The number of nitrogens with zero attached hydrogens (tertiary/aromatic N) is 5.